The maximum Gasteiger partial charge on any atom is 0.309 e. The Kier molecular flexibility index (Phi) is 5.57. The average Bonchev–Trinajstić information content (AvgIpc) is 2.32. The lowest BCUT2D eigenvalue weighted by atomic mass is 10.2. The molecule has 0 fully saturated rings. The molecule has 0 aliphatic heterocycles. The molecule has 1 aromatic rings. The van der Waals surface area contributed by atoms with Crippen LogP contribution in [0.5, 0.6) is 5.75 Å². The van der Waals surface area contributed by atoms with Crippen LogP contribution in [-0.4, -0.2) is 19.7 Å². The van der Waals surface area contributed by atoms with E-state index in [1.807, 2.05) is 6.07 Å². The molecular weight excluding hydrogens is 240 g/mol. The minimum atomic E-state index is -0.247. The summed E-state index contributed by atoms with van der Waals surface area (Å²) in [5.41, 5.74) is 0.815. The summed E-state index contributed by atoms with van der Waals surface area (Å²) >= 11 is 6.01. The lowest BCUT2D eigenvalue weighted by molar-refractivity contribution is -0.142. The molecule has 0 spiro atoms. The first-order chi connectivity index (χ1) is 8.17. The van der Waals surface area contributed by atoms with E-state index in [1.54, 1.807) is 38.3 Å². The molecule has 0 amide bonds. The van der Waals surface area contributed by atoms with Crippen LogP contribution in [-0.2, 0) is 9.53 Å². The molecule has 0 unspecified atom stereocenters. The minimum absolute atomic E-state index is 0.237. The van der Waals surface area contributed by atoms with Crippen molar-refractivity contribution >= 4 is 23.6 Å². The second-order valence-corrected chi connectivity index (χ2v) is 3.71. The largest absolute Gasteiger partial charge is 0.497 e. The lowest BCUT2D eigenvalue weighted by Crippen LogP contribution is -2.01. The van der Waals surface area contributed by atoms with Crippen molar-refractivity contribution in [2.75, 3.05) is 13.7 Å². The molecule has 92 valence electrons. The molecule has 0 heterocycles. The zero-order chi connectivity index (χ0) is 12.7. The number of rotatable bonds is 5. The molecule has 0 aromatic heterocycles. The number of ether oxygens (including phenoxy) is 2. The molecule has 0 bridgehead atoms. The van der Waals surface area contributed by atoms with Crippen molar-refractivity contribution in [1.82, 2.24) is 0 Å². The fraction of sp³-hybridized carbons (Fsp3) is 0.308. The van der Waals surface area contributed by atoms with Crippen LogP contribution in [0.3, 0.4) is 0 Å². The zero-order valence-corrected chi connectivity index (χ0v) is 10.7. The highest BCUT2D eigenvalue weighted by Gasteiger charge is 2.00. The van der Waals surface area contributed by atoms with Crippen LogP contribution in [0.2, 0.25) is 5.02 Å². The Morgan fingerprint density at radius 3 is 2.88 bits per heavy atom. The number of hydrogen-bond acceptors (Lipinski definition) is 3. The summed E-state index contributed by atoms with van der Waals surface area (Å²) in [6.45, 7) is 2.17. The lowest BCUT2D eigenvalue weighted by Gasteiger charge is -2.03. The van der Waals surface area contributed by atoms with Crippen LogP contribution in [0, 0.1) is 0 Å². The normalized spacial score (nSPS) is 10.5. The number of benzene rings is 1. The summed E-state index contributed by atoms with van der Waals surface area (Å²) in [6, 6.07) is 5.35. The Bertz CT molecular complexity index is 413. The number of hydrogen-bond donors (Lipinski definition) is 0. The maximum atomic E-state index is 11.1. The van der Waals surface area contributed by atoms with Crippen LogP contribution < -0.4 is 4.74 Å². The van der Waals surface area contributed by atoms with Crippen LogP contribution in [0.4, 0.5) is 0 Å². The quantitative estimate of drug-likeness (QED) is 0.757. The molecule has 4 heteroatoms. The van der Waals surface area contributed by atoms with E-state index in [2.05, 4.69) is 0 Å². The average molecular weight is 255 g/mol. The van der Waals surface area contributed by atoms with Gasteiger partial charge in [0.25, 0.3) is 0 Å². The van der Waals surface area contributed by atoms with E-state index < -0.39 is 0 Å². The molecule has 3 nitrogen and oxygen atoms in total. The Morgan fingerprint density at radius 2 is 2.24 bits per heavy atom. The first-order valence-corrected chi connectivity index (χ1v) is 5.71. The molecule has 0 aliphatic carbocycles. The van der Waals surface area contributed by atoms with Gasteiger partial charge in [-0.2, -0.15) is 0 Å². The van der Waals surface area contributed by atoms with E-state index in [4.69, 9.17) is 21.1 Å². The van der Waals surface area contributed by atoms with Gasteiger partial charge in [-0.15, -0.1) is 0 Å². The van der Waals surface area contributed by atoms with Gasteiger partial charge in [0.1, 0.15) is 5.75 Å². The summed E-state index contributed by atoms with van der Waals surface area (Å²) in [6.07, 6.45) is 3.74. The van der Waals surface area contributed by atoms with Gasteiger partial charge in [-0.3, -0.25) is 4.79 Å². The zero-order valence-electron chi connectivity index (χ0n) is 9.90. The molecule has 17 heavy (non-hydrogen) atoms. The number of esters is 1. The summed E-state index contributed by atoms with van der Waals surface area (Å²) in [5.74, 6) is 0.480. The van der Waals surface area contributed by atoms with Gasteiger partial charge in [-0.25, -0.2) is 0 Å². The smallest absolute Gasteiger partial charge is 0.309 e. The van der Waals surface area contributed by atoms with Gasteiger partial charge in [0.15, 0.2) is 0 Å². The fourth-order valence-corrected chi connectivity index (χ4v) is 1.46. The summed E-state index contributed by atoms with van der Waals surface area (Å²) in [7, 11) is 1.59. The second-order valence-electron chi connectivity index (χ2n) is 3.30. The number of halogens is 1. The molecule has 1 rings (SSSR count). The highest BCUT2D eigenvalue weighted by molar-refractivity contribution is 6.32. The maximum absolute atomic E-state index is 11.1. The molecule has 0 saturated heterocycles. The van der Waals surface area contributed by atoms with E-state index in [-0.39, 0.29) is 12.4 Å². The fourth-order valence-electron chi connectivity index (χ4n) is 1.28. The number of methoxy groups -OCH3 is 1. The molecule has 0 N–H and O–H groups in total. The van der Waals surface area contributed by atoms with Gasteiger partial charge in [-0.05, 0) is 30.7 Å². The van der Waals surface area contributed by atoms with Gasteiger partial charge in [0.2, 0.25) is 0 Å². The van der Waals surface area contributed by atoms with Gasteiger partial charge >= 0.3 is 5.97 Å². The predicted octanol–water partition coefficient (Wildman–Crippen LogP) is 3.32. The highest BCUT2D eigenvalue weighted by atomic mass is 35.5. The van der Waals surface area contributed by atoms with Crippen LogP contribution in [0.15, 0.2) is 24.3 Å². The summed E-state index contributed by atoms with van der Waals surface area (Å²) in [4.78, 5) is 11.1. The third-order valence-electron chi connectivity index (χ3n) is 2.09. The molecule has 1 aromatic carbocycles. The molecular formula is C13H15ClO3. The standard InChI is InChI=1S/C13H15ClO3/c1-3-17-13(15)6-4-5-10-9-11(16-2)7-8-12(10)14/h4-5,7-9H,3,6H2,1-2H3. The van der Waals surface area contributed by atoms with Crippen LogP contribution >= 0.6 is 11.6 Å². The first kappa shape index (κ1) is 13.6. The van der Waals surface area contributed by atoms with Crippen molar-refractivity contribution in [3.05, 3.63) is 34.9 Å². The Labute approximate surface area is 106 Å². The Balaban J connectivity index is 2.67. The number of carbonyl (C=O) groups excluding carboxylic acids is 1. The predicted molar refractivity (Wildman–Crippen MR) is 68.3 cm³/mol. The van der Waals surface area contributed by atoms with Crippen molar-refractivity contribution in [3.63, 3.8) is 0 Å². The van der Waals surface area contributed by atoms with Crippen molar-refractivity contribution in [2.24, 2.45) is 0 Å². The van der Waals surface area contributed by atoms with Crippen molar-refractivity contribution in [3.8, 4) is 5.75 Å². The van der Waals surface area contributed by atoms with Crippen molar-refractivity contribution in [2.45, 2.75) is 13.3 Å². The topological polar surface area (TPSA) is 35.5 Å². The molecule has 0 saturated carbocycles. The minimum Gasteiger partial charge on any atom is -0.497 e. The van der Waals surface area contributed by atoms with Crippen molar-refractivity contribution in [1.29, 1.82) is 0 Å². The highest BCUT2D eigenvalue weighted by Crippen LogP contribution is 2.23. The van der Waals surface area contributed by atoms with Gasteiger partial charge in [0.05, 0.1) is 20.1 Å². The molecule has 0 aliphatic rings. The number of carbonyl (C=O) groups is 1. The van der Waals surface area contributed by atoms with Crippen LogP contribution in [0.25, 0.3) is 6.08 Å². The third-order valence-corrected chi connectivity index (χ3v) is 2.43. The van der Waals surface area contributed by atoms with E-state index in [0.29, 0.717) is 11.6 Å². The van der Waals surface area contributed by atoms with Gasteiger partial charge in [-0.1, -0.05) is 23.8 Å². The summed E-state index contributed by atoms with van der Waals surface area (Å²) < 4.78 is 9.90. The van der Waals surface area contributed by atoms with Gasteiger partial charge in [0, 0.05) is 5.02 Å². The Hall–Kier alpha value is -1.48. The molecule has 0 radical (unpaired) electrons. The van der Waals surface area contributed by atoms with Gasteiger partial charge < -0.3 is 9.47 Å². The van der Waals surface area contributed by atoms with E-state index >= 15 is 0 Å². The molecule has 0 atom stereocenters. The van der Waals surface area contributed by atoms with E-state index in [1.165, 1.54) is 0 Å². The Morgan fingerprint density at radius 1 is 1.47 bits per heavy atom. The third kappa shape index (κ3) is 4.49. The van der Waals surface area contributed by atoms with Crippen LogP contribution in [0.1, 0.15) is 18.9 Å². The van der Waals surface area contributed by atoms with Crippen molar-refractivity contribution < 1.29 is 14.3 Å². The SMILES string of the molecule is CCOC(=O)CC=Cc1cc(OC)ccc1Cl. The summed E-state index contributed by atoms with van der Waals surface area (Å²) in [5, 5.41) is 0.617. The van der Waals surface area contributed by atoms with E-state index in [0.717, 1.165) is 11.3 Å². The van der Waals surface area contributed by atoms with E-state index in [9.17, 15) is 4.79 Å². The first-order valence-electron chi connectivity index (χ1n) is 5.33. The monoisotopic (exact) mass is 254 g/mol. The second kappa shape index (κ2) is 6.97.